The molecule has 1 aliphatic carbocycles. The lowest BCUT2D eigenvalue weighted by molar-refractivity contribution is -0.156. The summed E-state index contributed by atoms with van der Waals surface area (Å²) in [5.74, 6) is -1.05. The van der Waals surface area contributed by atoms with Gasteiger partial charge in [0.1, 0.15) is 6.10 Å². The third-order valence-corrected chi connectivity index (χ3v) is 2.17. The van der Waals surface area contributed by atoms with Crippen LogP contribution >= 0.6 is 0 Å². The monoisotopic (exact) mass is 198 g/mol. The molecule has 0 amide bonds. The van der Waals surface area contributed by atoms with Crippen molar-refractivity contribution in [2.75, 3.05) is 7.11 Å². The van der Waals surface area contributed by atoms with Crippen LogP contribution < -0.4 is 0 Å². The van der Waals surface area contributed by atoms with Crippen LogP contribution in [-0.2, 0) is 19.1 Å². The first-order valence-corrected chi connectivity index (χ1v) is 4.57. The molecule has 4 nitrogen and oxygen atoms in total. The predicted molar refractivity (Wildman–Crippen MR) is 49.4 cm³/mol. The molecule has 0 saturated carbocycles. The van der Waals surface area contributed by atoms with Crippen LogP contribution in [0.2, 0.25) is 0 Å². The molecule has 1 aliphatic rings. The Bertz CT molecular complexity index is 257. The first kappa shape index (κ1) is 10.8. The van der Waals surface area contributed by atoms with Gasteiger partial charge in [-0.15, -0.1) is 0 Å². The topological polar surface area (TPSA) is 52.6 Å². The van der Waals surface area contributed by atoms with Crippen molar-refractivity contribution >= 4 is 11.9 Å². The number of ether oxygens (including phenoxy) is 2. The average Bonchev–Trinajstić information content (AvgIpc) is 2.16. The highest BCUT2D eigenvalue weighted by molar-refractivity contribution is 5.74. The van der Waals surface area contributed by atoms with Crippen molar-refractivity contribution in [1.82, 2.24) is 0 Å². The maximum Gasteiger partial charge on any atom is 0.312 e. The molecule has 14 heavy (non-hydrogen) atoms. The third-order valence-electron chi connectivity index (χ3n) is 2.17. The number of hydrogen-bond donors (Lipinski definition) is 0. The van der Waals surface area contributed by atoms with Crippen LogP contribution in [-0.4, -0.2) is 25.2 Å². The number of esters is 2. The Balaban J connectivity index is 2.67. The molecule has 0 radical (unpaired) electrons. The summed E-state index contributed by atoms with van der Waals surface area (Å²) in [6.45, 7) is 1.33. The highest BCUT2D eigenvalue weighted by Gasteiger charge is 2.31. The smallest absolute Gasteiger partial charge is 0.312 e. The van der Waals surface area contributed by atoms with Crippen LogP contribution in [0.1, 0.15) is 19.8 Å². The standard InChI is InChI=1S/C10H14O4/c1-7(11)14-9-6-4-3-5-8(9)10(12)13-2/h4,6,8-9H,3,5H2,1-2H3. The summed E-state index contributed by atoms with van der Waals surface area (Å²) in [5, 5.41) is 0. The molecule has 0 aromatic heterocycles. The highest BCUT2D eigenvalue weighted by Crippen LogP contribution is 2.22. The van der Waals surface area contributed by atoms with Crippen molar-refractivity contribution in [3.63, 3.8) is 0 Å². The summed E-state index contributed by atoms with van der Waals surface area (Å²) in [4.78, 5) is 22.1. The van der Waals surface area contributed by atoms with Crippen molar-refractivity contribution < 1.29 is 19.1 Å². The Morgan fingerprint density at radius 3 is 2.71 bits per heavy atom. The Morgan fingerprint density at radius 2 is 2.14 bits per heavy atom. The highest BCUT2D eigenvalue weighted by atomic mass is 16.6. The minimum atomic E-state index is -0.464. The molecule has 4 heteroatoms. The van der Waals surface area contributed by atoms with E-state index < -0.39 is 6.10 Å². The molecular formula is C10H14O4. The lowest BCUT2D eigenvalue weighted by Crippen LogP contribution is -2.33. The van der Waals surface area contributed by atoms with Crippen molar-refractivity contribution in [1.29, 1.82) is 0 Å². The summed E-state index contributed by atoms with van der Waals surface area (Å²) in [6.07, 6.45) is 4.67. The second-order valence-corrected chi connectivity index (χ2v) is 3.21. The van der Waals surface area contributed by atoms with Gasteiger partial charge >= 0.3 is 11.9 Å². The molecule has 0 N–H and O–H groups in total. The summed E-state index contributed by atoms with van der Waals surface area (Å²) in [7, 11) is 1.34. The van der Waals surface area contributed by atoms with Crippen LogP contribution in [0.25, 0.3) is 0 Å². The van der Waals surface area contributed by atoms with E-state index in [-0.39, 0.29) is 17.9 Å². The summed E-state index contributed by atoms with van der Waals surface area (Å²) in [5.41, 5.74) is 0. The van der Waals surface area contributed by atoms with E-state index in [0.29, 0.717) is 6.42 Å². The molecule has 0 aromatic rings. The fourth-order valence-corrected chi connectivity index (χ4v) is 1.52. The zero-order valence-electron chi connectivity index (χ0n) is 8.36. The first-order chi connectivity index (χ1) is 6.65. The maximum atomic E-state index is 11.3. The fourth-order valence-electron chi connectivity index (χ4n) is 1.52. The van der Waals surface area contributed by atoms with E-state index in [1.165, 1.54) is 14.0 Å². The average molecular weight is 198 g/mol. The summed E-state index contributed by atoms with van der Waals surface area (Å²) in [6, 6.07) is 0. The number of allylic oxidation sites excluding steroid dienone is 1. The van der Waals surface area contributed by atoms with Crippen LogP contribution in [0.4, 0.5) is 0 Å². The van der Waals surface area contributed by atoms with Crippen molar-refractivity contribution in [2.45, 2.75) is 25.9 Å². The Kier molecular flexibility index (Phi) is 3.68. The normalized spacial score (nSPS) is 25.6. The second kappa shape index (κ2) is 4.79. The molecule has 2 atom stereocenters. The molecular weight excluding hydrogens is 184 g/mol. The molecule has 0 spiro atoms. The summed E-state index contributed by atoms with van der Waals surface area (Å²) < 4.78 is 9.64. The predicted octanol–water partition coefficient (Wildman–Crippen LogP) is 1.06. The quantitative estimate of drug-likeness (QED) is 0.491. The van der Waals surface area contributed by atoms with Crippen molar-refractivity contribution in [3.05, 3.63) is 12.2 Å². The van der Waals surface area contributed by atoms with Crippen molar-refractivity contribution in [3.8, 4) is 0 Å². The van der Waals surface area contributed by atoms with Crippen LogP contribution in [0.3, 0.4) is 0 Å². The number of methoxy groups -OCH3 is 1. The molecule has 0 saturated heterocycles. The maximum absolute atomic E-state index is 11.3. The zero-order chi connectivity index (χ0) is 10.6. The zero-order valence-corrected chi connectivity index (χ0v) is 8.36. The SMILES string of the molecule is COC(=O)C1CCC=CC1OC(C)=O. The van der Waals surface area contributed by atoms with Gasteiger partial charge in [0.2, 0.25) is 0 Å². The van der Waals surface area contributed by atoms with Gasteiger partial charge in [-0.25, -0.2) is 0 Å². The summed E-state index contributed by atoms with van der Waals surface area (Å²) >= 11 is 0. The molecule has 78 valence electrons. The first-order valence-electron chi connectivity index (χ1n) is 4.57. The van der Waals surface area contributed by atoms with E-state index >= 15 is 0 Å². The van der Waals surface area contributed by atoms with Gasteiger partial charge in [0, 0.05) is 6.92 Å². The minimum Gasteiger partial charge on any atom is -0.469 e. The third kappa shape index (κ3) is 2.58. The van der Waals surface area contributed by atoms with Crippen LogP contribution in [0, 0.1) is 5.92 Å². The molecule has 0 aromatic carbocycles. The van der Waals surface area contributed by atoms with Crippen LogP contribution in [0.15, 0.2) is 12.2 Å². The molecule has 2 unspecified atom stereocenters. The van der Waals surface area contributed by atoms with E-state index in [4.69, 9.17) is 4.74 Å². The minimum absolute atomic E-state index is 0.319. The second-order valence-electron chi connectivity index (χ2n) is 3.21. The van der Waals surface area contributed by atoms with Gasteiger partial charge < -0.3 is 9.47 Å². The molecule has 0 fully saturated rings. The molecule has 1 rings (SSSR count). The van der Waals surface area contributed by atoms with Crippen LogP contribution in [0.5, 0.6) is 0 Å². The van der Waals surface area contributed by atoms with Crippen molar-refractivity contribution in [2.24, 2.45) is 5.92 Å². The van der Waals surface area contributed by atoms with E-state index in [9.17, 15) is 9.59 Å². The lowest BCUT2D eigenvalue weighted by atomic mass is 9.91. The Morgan fingerprint density at radius 1 is 1.43 bits per heavy atom. The van der Waals surface area contributed by atoms with Gasteiger partial charge in [-0.05, 0) is 18.9 Å². The molecule has 0 aliphatic heterocycles. The molecule has 0 heterocycles. The van der Waals surface area contributed by atoms with Gasteiger partial charge in [-0.2, -0.15) is 0 Å². The lowest BCUT2D eigenvalue weighted by Gasteiger charge is -2.24. The van der Waals surface area contributed by atoms with Gasteiger partial charge in [0.25, 0.3) is 0 Å². The number of rotatable bonds is 2. The van der Waals surface area contributed by atoms with E-state index in [1.807, 2.05) is 6.08 Å². The fraction of sp³-hybridized carbons (Fsp3) is 0.600. The number of hydrogen-bond acceptors (Lipinski definition) is 4. The Hall–Kier alpha value is -1.32. The Labute approximate surface area is 82.9 Å². The molecule has 0 bridgehead atoms. The van der Waals surface area contributed by atoms with Gasteiger partial charge in [0.05, 0.1) is 13.0 Å². The van der Waals surface area contributed by atoms with E-state index in [0.717, 1.165) is 6.42 Å². The largest absolute Gasteiger partial charge is 0.469 e. The number of carbonyl (C=O) groups excluding carboxylic acids is 2. The number of carbonyl (C=O) groups is 2. The van der Waals surface area contributed by atoms with E-state index in [1.54, 1.807) is 6.08 Å². The van der Waals surface area contributed by atoms with Gasteiger partial charge in [0.15, 0.2) is 0 Å². The van der Waals surface area contributed by atoms with Gasteiger partial charge in [-0.1, -0.05) is 6.08 Å². The van der Waals surface area contributed by atoms with E-state index in [2.05, 4.69) is 4.74 Å². The van der Waals surface area contributed by atoms with Gasteiger partial charge in [-0.3, -0.25) is 9.59 Å².